The Bertz CT molecular complexity index is 850. The minimum Gasteiger partial charge on any atom is -0.394 e. The molecule has 0 aromatic heterocycles. The highest BCUT2D eigenvalue weighted by Crippen LogP contribution is 2.15. The van der Waals surface area contributed by atoms with Gasteiger partial charge in [0.25, 0.3) is 0 Å². The number of carbonyl (C=O) groups excluding carboxylic acids is 1. The fourth-order valence-corrected chi connectivity index (χ4v) is 6.56. The molecule has 0 aliphatic heterocycles. The van der Waals surface area contributed by atoms with E-state index in [-0.39, 0.29) is 6.61 Å². The zero-order valence-corrected chi connectivity index (χ0v) is 34.4. The van der Waals surface area contributed by atoms with Crippen LogP contribution in [0, 0.1) is 0 Å². The first kappa shape index (κ1) is 50.3. The topological polar surface area (TPSA) is 89.8 Å². The van der Waals surface area contributed by atoms with Crippen molar-refractivity contribution >= 4 is 5.91 Å². The summed E-state index contributed by atoms with van der Waals surface area (Å²) in [6.45, 7) is 4.13. The third kappa shape index (κ3) is 36.7. The van der Waals surface area contributed by atoms with Crippen LogP contribution in [0.15, 0.2) is 48.6 Å². The molecule has 0 saturated carbocycles. The summed E-state index contributed by atoms with van der Waals surface area (Å²) < 4.78 is 0. The van der Waals surface area contributed by atoms with E-state index in [1.165, 1.54) is 154 Å². The normalized spacial score (nSPS) is 14.0. The van der Waals surface area contributed by atoms with Gasteiger partial charge in [-0.15, -0.1) is 0 Å². The molecule has 52 heavy (non-hydrogen) atoms. The summed E-state index contributed by atoms with van der Waals surface area (Å²) in [5.74, 6) is -0.520. The van der Waals surface area contributed by atoms with Gasteiger partial charge in [-0.2, -0.15) is 0 Å². The minimum absolute atomic E-state index is 0.383. The van der Waals surface area contributed by atoms with Gasteiger partial charge in [-0.3, -0.25) is 4.79 Å². The van der Waals surface area contributed by atoms with Crippen LogP contribution in [0.1, 0.15) is 219 Å². The molecule has 1 amide bonds. The van der Waals surface area contributed by atoms with Crippen LogP contribution >= 0.6 is 0 Å². The SMILES string of the molecule is CCCCC/C=C/CC/C=C/CC/C=C/C(O)C(CO)NC(=O)C(O)CCCCCCCCCCC/C=C\CCCCCCCCCCCCCC. The monoisotopic (exact) mass is 730 g/mol. The largest absolute Gasteiger partial charge is 0.394 e. The maximum Gasteiger partial charge on any atom is 0.249 e. The highest BCUT2D eigenvalue weighted by Gasteiger charge is 2.22. The molecule has 5 nitrogen and oxygen atoms in total. The Labute approximate surface area is 323 Å². The zero-order valence-electron chi connectivity index (χ0n) is 34.4. The molecule has 0 aromatic rings. The van der Waals surface area contributed by atoms with Crippen LogP contribution in [0.5, 0.6) is 0 Å². The van der Waals surface area contributed by atoms with Gasteiger partial charge < -0.3 is 20.6 Å². The molecule has 4 N–H and O–H groups in total. The smallest absolute Gasteiger partial charge is 0.249 e. The van der Waals surface area contributed by atoms with Gasteiger partial charge in [0.15, 0.2) is 0 Å². The average molecular weight is 730 g/mol. The Morgan fingerprint density at radius 3 is 1.21 bits per heavy atom. The fourth-order valence-electron chi connectivity index (χ4n) is 6.56. The van der Waals surface area contributed by atoms with Gasteiger partial charge >= 0.3 is 0 Å². The highest BCUT2D eigenvalue weighted by atomic mass is 16.3. The number of aliphatic hydroxyl groups is 3. The minimum atomic E-state index is -1.11. The second kappa shape index (κ2) is 42.1. The molecule has 3 unspecified atom stereocenters. The van der Waals surface area contributed by atoms with E-state index < -0.39 is 24.2 Å². The van der Waals surface area contributed by atoms with E-state index >= 15 is 0 Å². The number of hydrogen-bond acceptors (Lipinski definition) is 4. The Balaban J connectivity index is 3.66. The standard InChI is InChI=1S/C47H87NO4/c1-3-5-7-9-11-13-15-17-18-19-20-21-22-23-24-25-26-27-28-30-32-34-36-38-40-42-46(51)47(52)48-44(43-49)45(50)41-39-37-35-33-31-29-16-14-12-10-8-6-4-2/h12,14,23-24,31,33,39,41,44-46,49-51H,3-11,13,15-22,25-30,32,34-38,40,42-43H2,1-2H3,(H,48,52)/b14-12+,24-23-,33-31+,41-39+. The van der Waals surface area contributed by atoms with E-state index in [4.69, 9.17) is 0 Å². The first-order chi connectivity index (χ1) is 25.6. The molecular weight excluding hydrogens is 643 g/mol. The molecule has 5 heteroatoms. The lowest BCUT2D eigenvalue weighted by Gasteiger charge is -2.21. The molecule has 0 heterocycles. The van der Waals surface area contributed by atoms with E-state index in [1.54, 1.807) is 6.08 Å². The van der Waals surface area contributed by atoms with Crippen LogP contribution in [0.3, 0.4) is 0 Å². The molecule has 3 atom stereocenters. The zero-order chi connectivity index (χ0) is 38.0. The van der Waals surface area contributed by atoms with Crippen molar-refractivity contribution in [2.24, 2.45) is 0 Å². The maximum absolute atomic E-state index is 12.4. The molecular formula is C47H87NO4. The van der Waals surface area contributed by atoms with Crippen molar-refractivity contribution in [1.29, 1.82) is 0 Å². The lowest BCUT2D eigenvalue weighted by molar-refractivity contribution is -0.131. The van der Waals surface area contributed by atoms with Crippen LogP contribution in [0.2, 0.25) is 0 Å². The summed E-state index contributed by atoms with van der Waals surface area (Å²) in [5.41, 5.74) is 0. The molecule has 0 spiro atoms. The summed E-state index contributed by atoms with van der Waals surface area (Å²) in [5, 5.41) is 33.0. The van der Waals surface area contributed by atoms with Crippen molar-refractivity contribution < 1.29 is 20.1 Å². The quantitative estimate of drug-likeness (QED) is 0.0373. The van der Waals surface area contributed by atoms with Crippen LogP contribution in [0.25, 0.3) is 0 Å². The molecule has 0 aromatic carbocycles. The summed E-state index contributed by atoms with van der Waals surface area (Å²) in [6.07, 6.45) is 54.4. The van der Waals surface area contributed by atoms with Crippen molar-refractivity contribution in [3.63, 3.8) is 0 Å². The lowest BCUT2D eigenvalue weighted by atomic mass is 10.0. The lowest BCUT2D eigenvalue weighted by Crippen LogP contribution is -2.48. The predicted molar refractivity (Wildman–Crippen MR) is 227 cm³/mol. The van der Waals surface area contributed by atoms with Gasteiger partial charge in [-0.1, -0.05) is 197 Å². The Kier molecular flexibility index (Phi) is 40.7. The third-order valence-corrected chi connectivity index (χ3v) is 10.1. The number of unbranched alkanes of at least 4 members (excludes halogenated alkanes) is 26. The van der Waals surface area contributed by atoms with Gasteiger partial charge in [0.05, 0.1) is 18.8 Å². The average Bonchev–Trinajstić information content (AvgIpc) is 3.15. The van der Waals surface area contributed by atoms with Gasteiger partial charge in [-0.25, -0.2) is 0 Å². The van der Waals surface area contributed by atoms with Crippen molar-refractivity contribution in [2.45, 2.75) is 238 Å². The highest BCUT2D eigenvalue weighted by molar-refractivity contribution is 5.80. The number of aliphatic hydroxyl groups excluding tert-OH is 3. The Morgan fingerprint density at radius 1 is 0.462 bits per heavy atom. The second-order valence-electron chi connectivity index (χ2n) is 15.2. The van der Waals surface area contributed by atoms with E-state index in [9.17, 15) is 20.1 Å². The van der Waals surface area contributed by atoms with Crippen molar-refractivity contribution in [2.75, 3.05) is 6.61 Å². The molecule has 0 aliphatic rings. The Hall–Kier alpha value is -1.69. The Morgan fingerprint density at radius 2 is 0.788 bits per heavy atom. The second-order valence-corrected chi connectivity index (χ2v) is 15.2. The van der Waals surface area contributed by atoms with Crippen molar-refractivity contribution in [1.82, 2.24) is 5.32 Å². The molecule has 0 radical (unpaired) electrons. The first-order valence-corrected chi connectivity index (χ1v) is 22.5. The fraction of sp³-hybridized carbons (Fsp3) is 0.809. The molecule has 0 bridgehead atoms. The molecule has 0 aliphatic carbocycles. The number of rotatable bonds is 40. The summed E-state index contributed by atoms with van der Waals surface area (Å²) in [4.78, 5) is 12.4. The summed E-state index contributed by atoms with van der Waals surface area (Å²) in [6, 6.07) is -0.821. The van der Waals surface area contributed by atoms with Gasteiger partial charge in [-0.05, 0) is 70.6 Å². The van der Waals surface area contributed by atoms with Crippen LogP contribution < -0.4 is 5.32 Å². The number of nitrogens with one attached hydrogen (secondary N) is 1. The summed E-state index contributed by atoms with van der Waals surface area (Å²) >= 11 is 0. The molecule has 304 valence electrons. The predicted octanol–water partition coefficient (Wildman–Crippen LogP) is 12.9. The number of carbonyl (C=O) groups is 1. The summed E-state index contributed by atoms with van der Waals surface area (Å²) in [7, 11) is 0. The van der Waals surface area contributed by atoms with E-state index in [0.717, 1.165) is 44.9 Å². The van der Waals surface area contributed by atoms with Crippen molar-refractivity contribution in [3.8, 4) is 0 Å². The van der Waals surface area contributed by atoms with Crippen LogP contribution in [-0.2, 0) is 4.79 Å². The van der Waals surface area contributed by atoms with E-state index in [2.05, 4.69) is 55.6 Å². The maximum atomic E-state index is 12.4. The van der Waals surface area contributed by atoms with E-state index in [0.29, 0.717) is 6.42 Å². The third-order valence-electron chi connectivity index (χ3n) is 10.1. The van der Waals surface area contributed by atoms with Gasteiger partial charge in [0.1, 0.15) is 6.10 Å². The first-order valence-electron chi connectivity index (χ1n) is 22.5. The van der Waals surface area contributed by atoms with Gasteiger partial charge in [0, 0.05) is 0 Å². The van der Waals surface area contributed by atoms with E-state index in [1.807, 2.05) is 6.08 Å². The number of hydrogen-bond donors (Lipinski definition) is 4. The molecule has 0 fully saturated rings. The molecule has 0 rings (SSSR count). The van der Waals surface area contributed by atoms with Gasteiger partial charge in [0.2, 0.25) is 5.91 Å². The van der Waals surface area contributed by atoms with Crippen LogP contribution in [0.4, 0.5) is 0 Å². The number of allylic oxidation sites excluding steroid dienone is 7. The van der Waals surface area contributed by atoms with Crippen LogP contribution in [-0.4, -0.2) is 46.1 Å². The number of amides is 1. The molecule has 0 saturated heterocycles. The van der Waals surface area contributed by atoms with Crippen molar-refractivity contribution in [3.05, 3.63) is 48.6 Å².